The number of hydrogen-bond acceptors (Lipinski definition) is 2. The molecule has 0 amide bonds. The van der Waals surface area contributed by atoms with Gasteiger partial charge in [0.1, 0.15) is 5.75 Å². The SMILES string of the molecule is Cc1cc(CC2CCCCN2)c(O)c(Br)c1C. The first kappa shape index (κ1) is 12.9. The van der Waals surface area contributed by atoms with Crippen molar-refractivity contribution in [1.82, 2.24) is 5.32 Å². The van der Waals surface area contributed by atoms with Gasteiger partial charge < -0.3 is 10.4 Å². The lowest BCUT2D eigenvalue weighted by molar-refractivity contribution is 0.391. The summed E-state index contributed by atoms with van der Waals surface area (Å²) in [5.74, 6) is 0.417. The fourth-order valence-electron chi connectivity index (χ4n) is 2.45. The zero-order valence-electron chi connectivity index (χ0n) is 10.5. The Balaban J connectivity index is 2.20. The summed E-state index contributed by atoms with van der Waals surface area (Å²) in [6.45, 7) is 5.23. The molecule has 1 unspecified atom stereocenters. The highest BCUT2D eigenvalue weighted by Crippen LogP contribution is 2.34. The fraction of sp³-hybridized carbons (Fsp3) is 0.571. The highest BCUT2D eigenvalue weighted by molar-refractivity contribution is 9.10. The minimum absolute atomic E-state index is 0.417. The lowest BCUT2D eigenvalue weighted by Crippen LogP contribution is -2.35. The van der Waals surface area contributed by atoms with Gasteiger partial charge in [-0.3, -0.25) is 0 Å². The van der Waals surface area contributed by atoms with E-state index in [0.717, 1.165) is 28.6 Å². The average Bonchev–Trinajstić information content (AvgIpc) is 2.35. The molecule has 0 spiro atoms. The summed E-state index contributed by atoms with van der Waals surface area (Å²) in [6.07, 6.45) is 4.71. The van der Waals surface area contributed by atoms with E-state index in [1.165, 1.54) is 24.8 Å². The topological polar surface area (TPSA) is 32.3 Å². The average molecular weight is 298 g/mol. The molecule has 3 heteroatoms. The summed E-state index contributed by atoms with van der Waals surface area (Å²) < 4.78 is 0.850. The van der Waals surface area contributed by atoms with Crippen molar-refractivity contribution in [3.05, 3.63) is 27.2 Å². The Bertz CT molecular complexity index is 411. The van der Waals surface area contributed by atoms with Crippen LogP contribution >= 0.6 is 15.9 Å². The molecule has 1 saturated heterocycles. The van der Waals surface area contributed by atoms with Crippen molar-refractivity contribution in [3.63, 3.8) is 0 Å². The first-order valence-electron chi connectivity index (χ1n) is 6.30. The predicted molar refractivity (Wildman–Crippen MR) is 74.6 cm³/mol. The third-order valence-electron chi connectivity index (χ3n) is 3.70. The lowest BCUT2D eigenvalue weighted by atomic mass is 9.95. The van der Waals surface area contributed by atoms with Gasteiger partial charge in [-0.15, -0.1) is 0 Å². The minimum Gasteiger partial charge on any atom is -0.506 e. The summed E-state index contributed by atoms with van der Waals surface area (Å²) >= 11 is 3.48. The second-order valence-electron chi connectivity index (χ2n) is 4.99. The van der Waals surface area contributed by atoms with Crippen LogP contribution in [0.1, 0.15) is 36.0 Å². The number of halogens is 1. The van der Waals surface area contributed by atoms with E-state index in [4.69, 9.17) is 0 Å². The van der Waals surface area contributed by atoms with Crippen LogP contribution in [-0.2, 0) is 6.42 Å². The van der Waals surface area contributed by atoms with Gasteiger partial charge in [0, 0.05) is 6.04 Å². The van der Waals surface area contributed by atoms with E-state index < -0.39 is 0 Å². The number of phenols is 1. The summed E-state index contributed by atoms with van der Waals surface area (Å²) in [4.78, 5) is 0. The number of piperidine rings is 1. The van der Waals surface area contributed by atoms with Crippen molar-refractivity contribution >= 4 is 15.9 Å². The Labute approximate surface area is 112 Å². The van der Waals surface area contributed by atoms with Gasteiger partial charge in [-0.2, -0.15) is 0 Å². The molecule has 1 atom stereocenters. The van der Waals surface area contributed by atoms with Gasteiger partial charge in [-0.25, -0.2) is 0 Å². The molecule has 0 bridgehead atoms. The lowest BCUT2D eigenvalue weighted by Gasteiger charge is -2.24. The molecule has 1 aromatic rings. The van der Waals surface area contributed by atoms with Crippen molar-refractivity contribution in [2.75, 3.05) is 6.54 Å². The van der Waals surface area contributed by atoms with Crippen LogP contribution in [0.15, 0.2) is 10.5 Å². The third kappa shape index (κ3) is 2.83. The van der Waals surface area contributed by atoms with E-state index in [2.05, 4.69) is 34.2 Å². The van der Waals surface area contributed by atoms with Crippen LogP contribution in [0.4, 0.5) is 0 Å². The molecule has 0 aliphatic carbocycles. The van der Waals surface area contributed by atoms with Gasteiger partial charge >= 0.3 is 0 Å². The molecule has 1 fully saturated rings. The molecule has 1 heterocycles. The first-order chi connectivity index (χ1) is 8.09. The minimum atomic E-state index is 0.417. The molecule has 1 aliphatic rings. The van der Waals surface area contributed by atoms with Crippen LogP contribution in [0.2, 0.25) is 0 Å². The molecule has 2 N–H and O–H groups in total. The van der Waals surface area contributed by atoms with Crippen molar-refractivity contribution in [2.24, 2.45) is 0 Å². The zero-order chi connectivity index (χ0) is 12.4. The summed E-state index contributed by atoms with van der Waals surface area (Å²) in [7, 11) is 0. The number of phenolic OH excluding ortho intramolecular Hbond substituents is 1. The maximum Gasteiger partial charge on any atom is 0.133 e. The molecule has 1 aliphatic heterocycles. The van der Waals surface area contributed by atoms with Gasteiger partial charge in [-0.1, -0.05) is 12.5 Å². The smallest absolute Gasteiger partial charge is 0.133 e. The Morgan fingerprint density at radius 2 is 2.18 bits per heavy atom. The molecule has 2 rings (SSSR count). The van der Waals surface area contributed by atoms with Crippen molar-refractivity contribution in [2.45, 2.75) is 45.6 Å². The molecular weight excluding hydrogens is 278 g/mol. The van der Waals surface area contributed by atoms with E-state index >= 15 is 0 Å². The number of rotatable bonds is 2. The molecule has 94 valence electrons. The number of nitrogens with one attached hydrogen (secondary N) is 1. The Morgan fingerprint density at radius 1 is 1.41 bits per heavy atom. The molecule has 2 nitrogen and oxygen atoms in total. The molecule has 17 heavy (non-hydrogen) atoms. The van der Waals surface area contributed by atoms with Gasteiger partial charge in [0.25, 0.3) is 0 Å². The number of aromatic hydroxyl groups is 1. The van der Waals surface area contributed by atoms with E-state index in [1.807, 2.05) is 6.92 Å². The van der Waals surface area contributed by atoms with Crippen LogP contribution in [0, 0.1) is 13.8 Å². The summed E-state index contributed by atoms with van der Waals surface area (Å²) in [5, 5.41) is 13.7. The third-order valence-corrected chi connectivity index (χ3v) is 4.67. The summed E-state index contributed by atoms with van der Waals surface area (Å²) in [6, 6.07) is 2.63. The number of aryl methyl sites for hydroxylation is 1. The summed E-state index contributed by atoms with van der Waals surface area (Å²) in [5.41, 5.74) is 3.42. The number of hydrogen-bond donors (Lipinski definition) is 2. The van der Waals surface area contributed by atoms with Crippen molar-refractivity contribution in [3.8, 4) is 5.75 Å². The monoisotopic (exact) mass is 297 g/mol. The van der Waals surface area contributed by atoms with Crippen LogP contribution < -0.4 is 5.32 Å². The highest BCUT2D eigenvalue weighted by atomic mass is 79.9. The van der Waals surface area contributed by atoms with E-state index in [-0.39, 0.29) is 0 Å². The Morgan fingerprint density at radius 3 is 2.82 bits per heavy atom. The molecule has 0 aromatic heterocycles. The standard InChI is InChI=1S/C14H20BrNO/c1-9-7-11(14(17)13(15)10(9)2)8-12-5-3-4-6-16-12/h7,12,16-17H,3-6,8H2,1-2H3. The maximum absolute atomic E-state index is 10.2. The van der Waals surface area contributed by atoms with Crippen molar-refractivity contribution in [1.29, 1.82) is 0 Å². The van der Waals surface area contributed by atoms with Gasteiger partial charge in [-0.05, 0) is 72.3 Å². The Hall–Kier alpha value is -0.540. The molecule has 1 aromatic carbocycles. The largest absolute Gasteiger partial charge is 0.506 e. The zero-order valence-corrected chi connectivity index (χ0v) is 12.1. The van der Waals surface area contributed by atoms with Crippen molar-refractivity contribution < 1.29 is 5.11 Å². The van der Waals surface area contributed by atoms with Gasteiger partial charge in [0.15, 0.2) is 0 Å². The van der Waals surface area contributed by atoms with Crippen LogP contribution in [0.3, 0.4) is 0 Å². The van der Waals surface area contributed by atoms with Gasteiger partial charge in [0.2, 0.25) is 0 Å². The molecule has 0 saturated carbocycles. The quantitative estimate of drug-likeness (QED) is 0.876. The second kappa shape index (κ2) is 5.40. The van der Waals surface area contributed by atoms with Crippen LogP contribution in [-0.4, -0.2) is 17.7 Å². The molecular formula is C14H20BrNO. The maximum atomic E-state index is 10.2. The predicted octanol–water partition coefficient (Wildman–Crippen LogP) is 3.46. The first-order valence-corrected chi connectivity index (χ1v) is 7.10. The Kier molecular flexibility index (Phi) is 4.10. The normalized spacial score (nSPS) is 20.5. The van der Waals surface area contributed by atoms with Crippen LogP contribution in [0.5, 0.6) is 5.75 Å². The van der Waals surface area contributed by atoms with Crippen LogP contribution in [0.25, 0.3) is 0 Å². The number of benzene rings is 1. The molecule has 0 radical (unpaired) electrons. The fourth-order valence-corrected chi connectivity index (χ4v) is 3.02. The second-order valence-corrected chi connectivity index (χ2v) is 5.78. The van der Waals surface area contributed by atoms with E-state index in [1.54, 1.807) is 0 Å². The van der Waals surface area contributed by atoms with E-state index in [0.29, 0.717) is 11.8 Å². The van der Waals surface area contributed by atoms with E-state index in [9.17, 15) is 5.11 Å². The highest BCUT2D eigenvalue weighted by Gasteiger charge is 2.17. The van der Waals surface area contributed by atoms with Gasteiger partial charge in [0.05, 0.1) is 4.47 Å².